The molecule has 0 bridgehead atoms. The van der Waals surface area contributed by atoms with E-state index in [9.17, 15) is 9.59 Å². The molecular formula is C16H22N6O3S. The lowest BCUT2D eigenvalue weighted by Gasteiger charge is -2.11. The largest absolute Gasteiger partial charge is 0.476 e. The molecular weight excluding hydrogens is 356 g/mol. The molecule has 10 heteroatoms. The second kappa shape index (κ2) is 9.27. The van der Waals surface area contributed by atoms with Gasteiger partial charge >= 0.3 is 5.97 Å². The molecule has 2 N–H and O–H groups in total. The van der Waals surface area contributed by atoms with Crippen LogP contribution >= 0.6 is 11.8 Å². The zero-order chi connectivity index (χ0) is 19.1. The predicted octanol–water partition coefficient (Wildman–Crippen LogP) is 1.51. The van der Waals surface area contributed by atoms with Crippen molar-refractivity contribution in [1.82, 2.24) is 30.0 Å². The van der Waals surface area contributed by atoms with Gasteiger partial charge in [0.25, 0.3) is 5.91 Å². The molecule has 0 unspecified atom stereocenters. The molecule has 2 heterocycles. The van der Waals surface area contributed by atoms with Gasteiger partial charge in [-0.15, -0.1) is 10.2 Å². The number of aromatic nitrogens is 5. The highest BCUT2D eigenvalue weighted by Gasteiger charge is 2.13. The first kappa shape index (κ1) is 19.8. The molecule has 2 aromatic rings. The van der Waals surface area contributed by atoms with Crippen LogP contribution in [0.15, 0.2) is 17.6 Å². The standard InChI is InChI=1S/C16H22N6O3S/c1-10(2)9-22-13(20-21-16(22)26-3)5-4-6-17-14(23)11-7-19-12(8-18-11)15(24)25/h7-8,10H,4-6,9H2,1-3H3,(H,17,23)(H,24,25). The van der Waals surface area contributed by atoms with Gasteiger partial charge in [0.05, 0.1) is 12.4 Å². The van der Waals surface area contributed by atoms with Crippen LogP contribution in [-0.2, 0) is 13.0 Å². The number of nitrogens with one attached hydrogen (secondary N) is 1. The van der Waals surface area contributed by atoms with Crippen LogP contribution < -0.4 is 5.32 Å². The van der Waals surface area contributed by atoms with Crippen molar-refractivity contribution in [1.29, 1.82) is 0 Å². The number of hydrogen-bond acceptors (Lipinski definition) is 7. The van der Waals surface area contributed by atoms with E-state index >= 15 is 0 Å². The van der Waals surface area contributed by atoms with Crippen LogP contribution in [0.25, 0.3) is 0 Å². The number of hydrogen-bond donors (Lipinski definition) is 2. The molecule has 0 aromatic carbocycles. The Morgan fingerprint density at radius 2 is 1.92 bits per heavy atom. The van der Waals surface area contributed by atoms with Crippen molar-refractivity contribution in [2.75, 3.05) is 12.8 Å². The molecule has 26 heavy (non-hydrogen) atoms. The molecule has 2 rings (SSSR count). The average Bonchev–Trinajstić information content (AvgIpc) is 2.99. The first-order valence-corrected chi connectivity index (χ1v) is 9.44. The van der Waals surface area contributed by atoms with Gasteiger partial charge < -0.3 is 15.0 Å². The monoisotopic (exact) mass is 378 g/mol. The van der Waals surface area contributed by atoms with Crippen LogP contribution in [0.5, 0.6) is 0 Å². The second-order valence-electron chi connectivity index (χ2n) is 6.06. The number of thioether (sulfide) groups is 1. The van der Waals surface area contributed by atoms with Gasteiger partial charge in [0.2, 0.25) is 0 Å². The molecule has 0 aliphatic heterocycles. The quantitative estimate of drug-likeness (QED) is 0.497. The SMILES string of the molecule is CSc1nnc(CCCNC(=O)c2cnc(C(=O)O)cn2)n1CC(C)C. The smallest absolute Gasteiger partial charge is 0.356 e. The van der Waals surface area contributed by atoms with Crippen LogP contribution in [0, 0.1) is 5.92 Å². The Bertz CT molecular complexity index is 760. The van der Waals surface area contributed by atoms with Crippen LogP contribution in [0.2, 0.25) is 0 Å². The molecule has 2 aromatic heterocycles. The summed E-state index contributed by atoms with van der Waals surface area (Å²) in [7, 11) is 0. The third-order valence-corrected chi connectivity index (χ3v) is 4.16. The Labute approximate surface area is 155 Å². The lowest BCUT2D eigenvalue weighted by molar-refractivity contribution is 0.0689. The number of aromatic carboxylic acids is 1. The van der Waals surface area contributed by atoms with Gasteiger partial charge in [-0.1, -0.05) is 25.6 Å². The Balaban J connectivity index is 1.85. The lowest BCUT2D eigenvalue weighted by atomic mass is 10.2. The number of carboxylic acids is 1. The summed E-state index contributed by atoms with van der Waals surface area (Å²) < 4.78 is 2.12. The van der Waals surface area contributed by atoms with E-state index in [2.05, 4.69) is 43.9 Å². The fraction of sp³-hybridized carbons (Fsp3) is 0.500. The molecule has 0 aliphatic carbocycles. The number of aryl methyl sites for hydroxylation is 1. The van der Waals surface area contributed by atoms with Crippen LogP contribution in [0.1, 0.15) is 47.1 Å². The van der Waals surface area contributed by atoms with Gasteiger partial charge in [-0.2, -0.15) is 0 Å². The highest BCUT2D eigenvalue weighted by Crippen LogP contribution is 2.16. The number of amides is 1. The highest BCUT2D eigenvalue weighted by atomic mass is 32.2. The summed E-state index contributed by atoms with van der Waals surface area (Å²) >= 11 is 1.57. The minimum Gasteiger partial charge on any atom is -0.476 e. The Morgan fingerprint density at radius 3 is 2.50 bits per heavy atom. The Hall–Kier alpha value is -2.49. The van der Waals surface area contributed by atoms with Gasteiger partial charge in [-0.25, -0.2) is 14.8 Å². The molecule has 140 valence electrons. The van der Waals surface area contributed by atoms with Crippen molar-refractivity contribution < 1.29 is 14.7 Å². The zero-order valence-electron chi connectivity index (χ0n) is 15.0. The van der Waals surface area contributed by atoms with E-state index in [1.54, 1.807) is 11.8 Å². The van der Waals surface area contributed by atoms with Crippen molar-refractivity contribution in [2.45, 2.75) is 38.4 Å². The Morgan fingerprint density at radius 1 is 1.23 bits per heavy atom. The molecule has 0 saturated carbocycles. The zero-order valence-corrected chi connectivity index (χ0v) is 15.8. The third-order valence-electron chi connectivity index (χ3n) is 3.49. The van der Waals surface area contributed by atoms with Crippen molar-refractivity contribution in [3.63, 3.8) is 0 Å². The number of carbonyl (C=O) groups excluding carboxylic acids is 1. The topological polar surface area (TPSA) is 123 Å². The lowest BCUT2D eigenvalue weighted by Crippen LogP contribution is -2.26. The fourth-order valence-electron chi connectivity index (χ4n) is 2.30. The first-order chi connectivity index (χ1) is 12.4. The van der Waals surface area contributed by atoms with Gasteiger partial charge in [-0.05, 0) is 18.6 Å². The number of nitrogens with zero attached hydrogens (tertiary/aromatic N) is 5. The maximum absolute atomic E-state index is 12.0. The van der Waals surface area contributed by atoms with E-state index < -0.39 is 5.97 Å². The highest BCUT2D eigenvalue weighted by molar-refractivity contribution is 7.98. The fourth-order valence-corrected chi connectivity index (χ4v) is 2.82. The summed E-state index contributed by atoms with van der Waals surface area (Å²) in [5.74, 6) is -0.173. The molecule has 0 atom stereocenters. The molecule has 0 fully saturated rings. The normalized spacial score (nSPS) is 10.9. The van der Waals surface area contributed by atoms with Gasteiger partial charge in [0.15, 0.2) is 10.9 Å². The average molecular weight is 378 g/mol. The van der Waals surface area contributed by atoms with Crippen molar-refractivity contribution in [3.05, 3.63) is 29.6 Å². The van der Waals surface area contributed by atoms with E-state index in [1.165, 1.54) is 0 Å². The summed E-state index contributed by atoms with van der Waals surface area (Å²) in [4.78, 5) is 30.2. The van der Waals surface area contributed by atoms with Crippen molar-refractivity contribution in [2.24, 2.45) is 5.92 Å². The molecule has 0 saturated heterocycles. The first-order valence-electron chi connectivity index (χ1n) is 8.22. The summed E-state index contributed by atoms with van der Waals surface area (Å²) in [6.45, 7) is 5.59. The van der Waals surface area contributed by atoms with Gasteiger partial charge in [0.1, 0.15) is 11.5 Å². The van der Waals surface area contributed by atoms with Gasteiger partial charge in [-0.3, -0.25) is 4.79 Å². The van der Waals surface area contributed by atoms with Gasteiger partial charge in [0, 0.05) is 19.5 Å². The molecule has 0 aliphatic rings. The maximum atomic E-state index is 12.0. The predicted molar refractivity (Wildman–Crippen MR) is 96.3 cm³/mol. The second-order valence-corrected chi connectivity index (χ2v) is 6.83. The van der Waals surface area contributed by atoms with E-state index in [1.807, 2.05) is 6.26 Å². The molecule has 9 nitrogen and oxygen atoms in total. The van der Waals surface area contributed by atoms with E-state index in [-0.39, 0.29) is 17.3 Å². The Kier molecular flexibility index (Phi) is 7.07. The van der Waals surface area contributed by atoms with Crippen LogP contribution in [0.4, 0.5) is 0 Å². The number of carboxylic acid groups (broad SMARTS) is 1. The minimum absolute atomic E-state index is 0.0858. The number of rotatable bonds is 9. The molecule has 1 amide bonds. The van der Waals surface area contributed by atoms with Crippen LogP contribution in [-0.4, -0.2) is 54.5 Å². The summed E-state index contributed by atoms with van der Waals surface area (Å²) in [6, 6.07) is 0. The van der Waals surface area contributed by atoms with E-state index in [0.717, 1.165) is 29.9 Å². The van der Waals surface area contributed by atoms with Crippen molar-refractivity contribution >= 4 is 23.6 Å². The maximum Gasteiger partial charge on any atom is 0.356 e. The third kappa shape index (κ3) is 5.25. The summed E-state index contributed by atoms with van der Waals surface area (Å²) in [6.07, 6.45) is 5.60. The summed E-state index contributed by atoms with van der Waals surface area (Å²) in [5.41, 5.74) is -0.113. The minimum atomic E-state index is -1.18. The van der Waals surface area contributed by atoms with E-state index in [0.29, 0.717) is 25.3 Å². The van der Waals surface area contributed by atoms with E-state index in [4.69, 9.17) is 5.11 Å². The number of carbonyl (C=O) groups is 2. The van der Waals surface area contributed by atoms with Crippen molar-refractivity contribution in [3.8, 4) is 0 Å². The van der Waals surface area contributed by atoms with Crippen LogP contribution in [0.3, 0.4) is 0 Å². The molecule has 0 radical (unpaired) electrons. The summed E-state index contributed by atoms with van der Waals surface area (Å²) in [5, 5.41) is 20.9. The molecule has 0 spiro atoms.